The highest BCUT2D eigenvalue weighted by atomic mass is 19.1. The zero-order valence-electron chi connectivity index (χ0n) is 18.2. The number of piperidine rings is 2. The smallest absolute Gasteiger partial charge is 0.222 e. The van der Waals surface area contributed by atoms with Crippen LogP contribution in [0.1, 0.15) is 30.4 Å². The third-order valence-corrected chi connectivity index (χ3v) is 6.61. The molecule has 4 rings (SSSR count). The Hall–Kier alpha value is -2.66. The fourth-order valence-corrected chi connectivity index (χ4v) is 4.96. The van der Waals surface area contributed by atoms with Gasteiger partial charge in [0.15, 0.2) is 0 Å². The number of carbonyl (C=O) groups is 1. The summed E-state index contributed by atoms with van der Waals surface area (Å²) in [6, 6.07) is 15.2. The van der Waals surface area contributed by atoms with Crippen LogP contribution in [0.25, 0.3) is 6.08 Å². The second-order valence-corrected chi connectivity index (χ2v) is 8.49. The predicted molar refractivity (Wildman–Crippen MR) is 121 cm³/mol. The van der Waals surface area contributed by atoms with Gasteiger partial charge in [-0.15, -0.1) is 0 Å². The number of nitrogens with zero attached hydrogens (tertiary/aromatic N) is 2. The number of benzene rings is 2. The van der Waals surface area contributed by atoms with Crippen molar-refractivity contribution < 1.29 is 13.9 Å². The van der Waals surface area contributed by atoms with Gasteiger partial charge in [-0.25, -0.2) is 4.39 Å². The van der Waals surface area contributed by atoms with Crippen LogP contribution >= 0.6 is 0 Å². The summed E-state index contributed by atoms with van der Waals surface area (Å²) in [4.78, 5) is 17.1. The van der Waals surface area contributed by atoms with Gasteiger partial charge < -0.3 is 9.64 Å². The molecule has 4 nitrogen and oxygen atoms in total. The molecule has 0 aromatic heterocycles. The molecule has 2 fully saturated rings. The fourth-order valence-electron chi connectivity index (χ4n) is 4.96. The SMILES string of the molecule is COc1ccccc1/C=C/CN1CC[C@H]2[C@H](CCC(=O)N2CCc2ccccc2F)C1. The molecular weight excluding hydrogens is 391 g/mol. The molecule has 2 heterocycles. The van der Waals surface area contributed by atoms with Crippen molar-refractivity contribution >= 4 is 12.0 Å². The molecule has 31 heavy (non-hydrogen) atoms. The van der Waals surface area contributed by atoms with E-state index in [1.807, 2.05) is 35.2 Å². The zero-order chi connectivity index (χ0) is 21.6. The van der Waals surface area contributed by atoms with Crippen molar-refractivity contribution in [2.45, 2.75) is 31.7 Å². The van der Waals surface area contributed by atoms with E-state index in [9.17, 15) is 9.18 Å². The summed E-state index contributed by atoms with van der Waals surface area (Å²) < 4.78 is 19.4. The number of ether oxygens (including phenoxy) is 1. The number of amides is 1. The highest BCUT2D eigenvalue weighted by Gasteiger charge is 2.38. The first-order valence-corrected chi connectivity index (χ1v) is 11.2. The van der Waals surface area contributed by atoms with E-state index in [4.69, 9.17) is 4.74 Å². The maximum absolute atomic E-state index is 14.0. The molecule has 2 aromatic carbocycles. The van der Waals surface area contributed by atoms with E-state index in [1.165, 1.54) is 6.07 Å². The van der Waals surface area contributed by atoms with Crippen LogP contribution in [0.5, 0.6) is 5.75 Å². The van der Waals surface area contributed by atoms with E-state index in [0.29, 0.717) is 30.9 Å². The summed E-state index contributed by atoms with van der Waals surface area (Å²) in [6.45, 7) is 3.48. The normalized spacial score (nSPS) is 22.0. The first kappa shape index (κ1) is 21.6. The number of likely N-dealkylation sites (tertiary alicyclic amines) is 2. The quantitative estimate of drug-likeness (QED) is 0.663. The predicted octanol–water partition coefficient (Wildman–Crippen LogP) is 4.40. The molecule has 164 valence electrons. The van der Waals surface area contributed by atoms with E-state index in [0.717, 1.165) is 43.8 Å². The molecule has 2 aliphatic heterocycles. The Morgan fingerprint density at radius 2 is 1.94 bits per heavy atom. The number of carbonyl (C=O) groups excluding carboxylic acids is 1. The lowest BCUT2D eigenvalue weighted by Gasteiger charge is -2.47. The summed E-state index contributed by atoms with van der Waals surface area (Å²) >= 11 is 0. The molecule has 0 N–H and O–H groups in total. The van der Waals surface area contributed by atoms with Crippen molar-refractivity contribution in [3.05, 3.63) is 71.6 Å². The van der Waals surface area contributed by atoms with Gasteiger partial charge in [0.25, 0.3) is 0 Å². The van der Waals surface area contributed by atoms with Gasteiger partial charge in [-0.3, -0.25) is 9.69 Å². The molecule has 2 saturated heterocycles. The molecule has 0 aliphatic carbocycles. The summed E-state index contributed by atoms with van der Waals surface area (Å²) in [5.74, 6) is 1.42. The van der Waals surface area contributed by atoms with Crippen LogP contribution in [0, 0.1) is 11.7 Å². The first-order valence-electron chi connectivity index (χ1n) is 11.2. The van der Waals surface area contributed by atoms with Gasteiger partial charge in [0, 0.05) is 44.2 Å². The van der Waals surface area contributed by atoms with Gasteiger partial charge in [0.1, 0.15) is 11.6 Å². The minimum absolute atomic E-state index is 0.180. The number of rotatable bonds is 7. The van der Waals surface area contributed by atoms with Gasteiger partial charge >= 0.3 is 0 Å². The van der Waals surface area contributed by atoms with Crippen molar-refractivity contribution in [3.63, 3.8) is 0 Å². The number of methoxy groups -OCH3 is 1. The van der Waals surface area contributed by atoms with E-state index < -0.39 is 0 Å². The standard InChI is InChI=1S/C26H31FN2O2/c1-31-25-11-5-3-8-21(25)9-6-16-28-17-15-24-22(19-28)12-13-26(30)29(24)18-14-20-7-2-4-10-23(20)27/h2-11,22,24H,12-19H2,1H3/b9-6+/t22-,24+/m1/s1. The lowest BCUT2D eigenvalue weighted by molar-refractivity contribution is -0.140. The molecule has 1 amide bonds. The van der Waals surface area contributed by atoms with Gasteiger partial charge in [0.05, 0.1) is 7.11 Å². The largest absolute Gasteiger partial charge is 0.496 e. The Kier molecular flexibility index (Phi) is 7.03. The highest BCUT2D eigenvalue weighted by molar-refractivity contribution is 5.77. The molecule has 0 saturated carbocycles. The summed E-state index contributed by atoms with van der Waals surface area (Å²) in [7, 11) is 1.69. The second-order valence-electron chi connectivity index (χ2n) is 8.49. The summed E-state index contributed by atoms with van der Waals surface area (Å²) in [5.41, 5.74) is 1.78. The minimum atomic E-state index is -0.180. The topological polar surface area (TPSA) is 32.8 Å². The number of halogens is 1. The molecule has 0 bridgehead atoms. The van der Waals surface area contributed by atoms with Crippen LogP contribution in [0.15, 0.2) is 54.6 Å². The Balaban J connectivity index is 1.33. The third-order valence-electron chi connectivity index (χ3n) is 6.61. The van der Waals surface area contributed by atoms with E-state index in [2.05, 4.69) is 23.1 Å². The number of fused-ring (bicyclic) bond motifs is 1. The Morgan fingerprint density at radius 3 is 2.77 bits per heavy atom. The molecule has 0 radical (unpaired) electrons. The van der Waals surface area contributed by atoms with Crippen molar-refractivity contribution in [1.82, 2.24) is 9.80 Å². The Morgan fingerprint density at radius 1 is 1.13 bits per heavy atom. The van der Waals surface area contributed by atoms with Crippen molar-refractivity contribution in [3.8, 4) is 5.75 Å². The Labute approximate surface area is 184 Å². The van der Waals surface area contributed by atoms with Gasteiger partial charge in [-0.05, 0) is 42.9 Å². The molecule has 5 heteroatoms. The van der Waals surface area contributed by atoms with Crippen LogP contribution < -0.4 is 4.74 Å². The van der Waals surface area contributed by atoms with Crippen molar-refractivity contribution in [2.24, 2.45) is 5.92 Å². The first-order chi connectivity index (χ1) is 15.2. The molecule has 0 unspecified atom stereocenters. The number of para-hydroxylation sites is 1. The second kappa shape index (κ2) is 10.1. The average Bonchev–Trinajstić information content (AvgIpc) is 2.80. The average molecular weight is 423 g/mol. The molecular formula is C26H31FN2O2. The van der Waals surface area contributed by atoms with Crippen LogP contribution in [0.4, 0.5) is 4.39 Å². The van der Waals surface area contributed by atoms with Crippen LogP contribution in [-0.4, -0.2) is 55.0 Å². The van der Waals surface area contributed by atoms with Crippen LogP contribution in [-0.2, 0) is 11.2 Å². The molecule has 2 atom stereocenters. The van der Waals surface area contributed by atoms with Gasteiger partial charge in [0.2, 0.25) is 5.91 Å². The Bertz CT molecular complexity index is 929. The highest BCUT2D eigenvalue weighted by Crippen LogP contribution is 2.31. The number of hydrogen-bond donors (Lipinski definition) is 0. The van der Waals surface area contributed by atoms with E-state index in [-0.39, 0.29) is 17.8 Å². The van der Waals surface area contributed by atoms with Crippen LogP contribution in [0.3, 0.4) is 0 Å². The van der Waals surface area contributed by atoms with E-state index in [1.54, 1.807) is 13.2 Å². The van der Waals surface area contributed by atoms with Gasteiger partial charge in [-0.1, -0.05) is 48.6 Å². The summed E-state index contributed by atoms with van der Waals surface area (Å²) in [5, 5.41) is 0. The molecule has 0 spiro atoms. The van der Waals surface area contributed by atoms with Crippen LogP contribution in [0.2, 0.25) is 0 Å². The maximum Gasteiger partial charge on any atom is 0.222 e. The lowest BCUT2D eigenvalue weighted by atomic mass is 9.83. The molecule has 2 aliphatic rings. The zero-order valence-corrected chi connectivity index (χ0v) is 18.2. The van der Waals surface area contributed by atoms with Gasteiger partial charge in [-0.2, -0.15) is 0 Å². The van der Waals surface area contributed by atoms with Crippen molar-refractivity contribution in [1.29, 1.82) is 0 Å². The molecule has 2 aromatic rings. The third kappa shape index (κ3) is 5.16. The maximum atomic E-state index is 14.0. The number of hydrogen-bond acceptors (Lipinski definition) is 3. The monoisotopic (exact) mass is 422 g/mol. The van der Waals surface area contributed by atoms with E-state index >= 15 is 0 Å². The minimum Gasteiger partial charge on any atom is -0.496 e. The summed E-state index contributed by atoms with van der Waals surface area (Å²) in [6.07, 6.45) is 7.43. The van der Waals surface area contributed by atoms with Crippen molar-refractivity contribution in [2.75, 3.05) is 33.3 Å². The fraction of sp³-hybridized carbons (Fsp3) is 0.423. The lowest BCUT2D eigenvalue weighted by Crippen LogP contribution is -2.56.